The van der Waals surface area contributed by atoms with Crippen molar-refractivity contribution in [2.75, 3.05) is 59.9 Å². The Hall–Kier alpha value is -1.46. The predicted molar refractivity (Wildman–Crippen MR) is 140 cm³/mol. The summed E-state index contributed by atoms with van der Waals surface area (Å²) in [7, 11) is 1.29. The van der Waals surface area contributed by atoms with Crippen LogP contribution >= 0.6 is 0 Å². The molecule has 2 amide bonds. The molecular weight excluding hydrogens is 532 g/mol. The molecule has 2 rings (SSSR count). The van der Waals surface area contributed by atoms with E-state index in [1.165, 1.54) is 14.0 Å². The minimum absolute atomic E-state index is 0.0834. The number of hydrogen-bond acceptors (Lipinski definition) is 12. The summed E-state index contributed by atoms with van der Waals surface area (Å²) in [5, 5.41) is 47.0. The van der Waals surface area contributed by atoms with E-state index in [0.29, 0.717) is 26.2 Å². The van der Waals surface area contributed by atoms with E-state index in [1.807, 2.05) is 13.8 Å². The van der Waals surface area contributed by atoms with Gasteiger partial charge in [-0.3, -0.25) is 9.59 Å². The summed E-state index contributed by atoms with van der Waals surface area (Å²) in [6.45, 7) is 6.45. The molecule has 0 aromatic carbocycles. The van der Waals surface area contributed by atoms with Crippen molar-refractivity contribution in [1.29, 1.82) is 0 Å². The minimum Gasteiger partial charge on any atom is -0.394 e. The number of nitrogens with one attached hydrogen (secondary N) is 2. The van der Waals surface area contributed by atoms with Crippen molar-refractivity contribution in [1.82, 2.24) is 10.6 Å². The quantitative estimate of drug-likeness (QED) is 0.103. The van der Waals surface area contributed by atoms with Crippen LogP contribution in [0.2, 0.25) is 0 Å². The number of carbonyl (C=O) groups is 2. The minimum atomic E-state index is -1.43. The maximum absolute atomic E-state index is 13.0. The average molecular weight is 581 g/mol. The van der Waals surface area contributed by atoms with E-state index in [2.05, 4.69) is 10.6 Å². The highest BCUT2D eigenvalue weighted by molar-refractivity contribution is 5.81. The van der Waals surface area contributed by atoms with Gasteiger partial charge in [0.1, 0.15) is 24.4 Å². The predicted octanol–water partition coefficient (Wildman–Crippen LogP) is -2.08. The van der Waals surface area contributed by atoms with Gasteiger partial charge in [0.25, 0.3) is 0 Å². The summed E-state index contributed by atoms with van der Waals surface area (Å²) in [5.41, 5.74) is 0. The molecule has 0 bridgehead atoms. The molecular formula is C26H48N2O12. The van der Waals surface area contributed by atoms with Crippen LogP contribution in [0, 0.1) is 11.8 Å². The Morgan fingerprint density at radius 1 is 0.850 bits per heavy atom. The molecule has 6 N–H and O–H groups in total. The zero-order chi connectivity index (χ0) is 29.7. The molecule has 0 radical (unpaired) electrons. The molecule has 14 nitrogen and oxygen atoms in total. The topological polar surface area (TPSA) is 194 Å². The smallest absolute Gasteiger partial charge is 0.249 e. The highest BCUT2D eigenvalue weighted by atomic mass is 16.7. The van der Waals surface area contributed by atoms with Gasteiger partial charge in [-0.25, -0.2) is 0 Å². The first-order valence-corrected chi connectivity index (χ1v) is 14.0. The van der Waals surface area contributed by atoms with E-state index >= 15 is 0 Å². The van der Waals surface area contributed by atoms with Crippen molar-refractivity contribution in [3.63, 3.8) is 0 Å². The van der Waals surface area contributed by atoms with Gasteiger partial charge in [0, 0.05) is 39.0 Å². The maximum atomic E-state index is 13.0. The lowest BCUT2D eigenvalue weighted by atomic mass is 9.82. The van der Waals surface area contributed by atoms with Crippen molar-refractivity contribution in [2.45, 2.75) is 82.6 Å². The van der Waals surface area contributed by atoms with Gasteiger partial charge in [-0.1, -0.05) is 13.8 Å². The number of ether oxygens (including phenoxy) is 6. The third-order valence-corrected chi connectivity index (χ3v) is 7.14. The first-order chi connectivity index (χ1) is 19.2. The van der Waals surface area contributed by atoms with Crippen LogP contribution in [0.15, 0.2) is 0 Å². The highest BCUT2D eigenvalue weighted by Gasteiger charge is 2.48. The van der Waals surface area contributed by atoms with Crippen molar-refractivity contribution < 1.29 is 58.4 Å². The molecule has 2 saturated heterocycles. The lowest BCUT2D eigenvalue weighted by Crippen LogP contribution is -2.62. The Balaban J connectivity index is 2.01. The highest BCUT2D eigenvalue weighted by Crippen LogP contribution is 2.30. The number of carbonyl (C=O) groups excluding carboxylic acids is 2. The fraction of sp³-hybridized carbons (Fsp3) is 0.923. The van der Waals surface area contributed by atoms with E-state index in [0.717, 1.165) is 6.42 Å². The van der Waals surface area contributed by atoms with Crippen LogP contribution in [0.25, 0.3) is 0 Å². The van der Waals surface area contributed by atoms with Crippen molar-refractivity contribution in [3.05, 3.63) is 0 Å². The van der Waals surface area contributed by atoms with Gasteiger partial charge in [-0.05, 0) is 12.8 Å². The Kier molecular flexibility index (Phi) is 15.8. The van der Waals surface area contributed by atoms with Crippen LogP contribution < -0.4 is 10.6 Å². The molecule has 0 aromatic rings. The molecule has 4 unspecified atom stereocenters. The SMILES string of the molecule is CCCOCCOCCNC(=O)C1O[C@@H](OC)C(O)[C@H](O)[C@@H]1COC[C@@H]1OC(CO)[C@@H](O)[C@@H](CC)C1NC(C)=O. The van der Waals surface area contributed by atoms with E-state index in [-0.39, 0.29) is 32.3 Å². The Bertz CT molecular complexity index is 746. The van der Waals surface area contributed by atoms with Gasteiger partial charge >= 0.3 is 0 Å². The first kappa shape index (κ1) is 34.7. The standard InChI is InChI=1S/C26H48N2O12/c1-5-8-36-10-11-37-9-7-27-25(34)24-17(22(32)23(33)26(35-4)40-24)13-38-14-19-20(28-15(3)30)16(6-2)21(31)18(12-29)39-19/h16-24,26,29,31-33H,5-14H2,1-4H3,(H,27,34)(H,28,30)/t16-,17-,18?,19-,20?,21-,22+,23?,24?,26+/m0/s1. The number of amides is 2. The second kappa shape index (κ2) is 18.2. The molecule has 0 spiro atoms. The maximum Gasteiger partial charge on any atom is 0.249 e. The second-order valence-electron chi connectivity index (χ2n) is 10.0. The first-order valence-electron chi connectivity index (χ1n) is 14.0. The summed E-state index contributed by atoms with van der Waals surface area (Å²) in [4.78, 5) is 24.8. The Labute approximate surface area is 235 Å². The number of aliphatic hydroxyl groups is 4. The normalized spacial score (nSPS) is 34.4. The third-order valence-electron chi connectivity index (χ3n) is 7.14. The second-order valence-corrected chi connectivity index (χ2v) is 10.0. The summed E-state index contributed by atoms with van der Waals surface area (Å²) < 4.78 is 33.2. The number of rotatable bonds is 17. The van der Waals surface area contributed by atoms with Crippen molar-refractivity contribution in [3.8, 4) is 0 Å². The van der Waals surface area contributed by atoms with E-state index < -0.39 is 73.3 Å². The third kappa shape index (κ3) is 9.82. The van der Waals surface area contributed by atoms with Gasteiger partial charge in [-0.15, -0.1) is 0 Å². The lowest BCUT2D eigenvalue weighted by Gasteiger charge is -2.45. The van der Waals surface area contributed by atoms with Crippen LogP contribution in [0.5, 0.6) is 0 Å². The summed E-state index contributed by atoms with van der Waals surface area (Å²) in [5.74, 6) is -2.21. The molecule has 0 aromatic heterocycles. The number of methoxy groups -OCH3 is 1. The molecule has 2 fully saturated rings. The van der Waals surface area contributed by atoms with Crippen LogP contribution in [0.4, 0.5) is 0 Å². The fourth-order valence-corrected chi connectivity index (χ4v) is 5.07. The summed E-state index contributed by atoms with van der Waals surface area (Å²) in [6.07, 6.45) is -6.41. The van der Waals surface area contributed by atoms with E-state index in [9.17, 15) is 30.0 Å². The van der Waals surface area contributed by atoms with Gasteiger partial charge in [0.2, 0.25) is 11.8 Å². The largest absolute Gasteiger partial charge is 0.394 e. The van der Waals surface area contributed by atoms with Crippen LogP contribution in [-0.4, -0.2) is 141 Å². The Morgan fingerprint density at radius 2 is 1.55 bits per heavy atom. The molecule has 2 aliphatic rings. The van der Waals surface area contributed by atoms with Gasteiger partial charge in [-0.2, -0.15) is 0 Å². The zero-order valence-electron chi connectivity index (χ0n) is 23.9. The molecule has 0 aliphatic carbocycles. The number of hydrogen-bond donors (Lipinski definition) is 6. The molecule has 14 heteroatoms. The zero-order valence-corrected chi connectivity index (χ0v) is 23.9. The lowest BCUT2D eigenvalue weighted by molar-refractivity contribution is -0.278. The summed E-state index contributed by atoms with van der Waals surface area (Å²) >= 11 is 0. The molecule has 2 aliphatic heterocycles. The van der Waals surface area contributed by atoms with Crippen LogP contribution in [0.3, 0.4) is 0 Å². The molecule has 0 saturated carbocycles. The molecule has 10 atom stereocenters. The van der Waals surface area contributed by atoms with Gasteiger partial charge < -0.3 is 59.5 Å². The summed E-state index contributed by atoms with van der Waals surface area (Å²) in [6, 6.07) is -0.595. The van der Waals surface area contributed by atoms with E-state index in [1.54, 1.807) is 0 Å². The van der Waals surface area contributed by atoms with E-state index in [4.69, 9.17) is 28.4 Å². The van der Waals surface area contributed by atoms with Gasteiger partial charge in [0.05, 0.1) is 57.9 Å². The van der Waals surface area contributed by atoms with Crippen LogP contribution in [-0.2, 0) is 38.0 Å². The average Bonchev–Trinajstić information content (AvgIpc) is 2.93. The van der Waals surface area contributed by atoms with Crippen molar-refractivity contribution >= 4 is 11.8 Å². The van der Waals surface area contributed by atoms with Crippen LogP contribution in [0.1, 0.15) is 33.6 Å². The monoisotopic (exact) mass is 580 g/mol. The molecule has 40 heavy (non-hydrogen) atoms. The fourth-order valence-electron chi connectivity index (χ4n) is 5.07. The number of aliphatic hydroxyl groups excluding tert-OH is 4. The molecule has 2 heterocycles. The van der Waals surface area contributed by atoms with Crippen molar-refractivity contribution in [2.24, 2.45) is 11.8 Å². The Morgan fingerprint density at radius 3 is 2.15 bits per heavy atom. The molecule has 234 valence electrons. The van der Waals surface area contributed by atoms with Gasteiger partial charge in [0.15, 0.2) is 6.29 Å².